The van der Waals surface area contributed by atoms with Gasteiger partial charge in [0.1, 0.15) is 5.82 Å². The van der Waals surface area contributed by atoms with Gasteiger partial charge < -0.3 is 10.3 Å². The Kier molecular flexibility index (Phi) is 2.21. The minimum absolute atomic E-state index is 0.459. The average molecular weight is 215 g/mol. The zero-order chi connectivity index (χ0) is 11.1. The molecule has 0 amide bonds. The standard InChI is InChI=1S/C13H17N3/c1-8(2)13-15-11-4-3-9(5-12(11)16-13)10-6-14-7-10/h3-5,8,10,14H,6-7H2,1-2H3,(H,15,16). The number of aromatic amines is 1. The molecule has 1 aliphatic heterocycles. The van der Waals surface area contributed by atoms with Gasteiger partial charge in [0.05, 0.1) is 11.0 Å². The Labute approximate surface area is 95.3 Å². The number of aromatic nitrogens is 2. The van der Waals surface area contributed by atoms with Crippen LogP contribution in [0, 0.1) is 0 Å². The van der Waals surface area contributed by atoms with Crippen molar-refractivity contribution in [3.63, 3.8) is 0 Å². The fraction of sp³-hybridized carbons (Fsp3) is 0.462. The molecule has 0 unspecified atom stereocenters. The first kappa shape index (κ1) is 9.85. The fourth-order valence-electron chi connectivity index (χ4n) is 2.10. The number of H-pyrrole nitrogens is 1. The van der Waals surface area contributed by atoms with Crippen LogP contribution in [0.4, 0.5) is 0 Å². The minimum atomic E-state index is 0.459. The van der Waals surface area contributed by atoms with E-state index < -0.39 is 0 Å². The summed E-state index contributed by atoms with van der Waals surface area (Å²) in [5.74, 6) is 2.23. The minimum Gasteiger partial charge on any atom is -0.342 e. The van der Waals surface area contributed by atoms with Crippen LogP contribution in [-0.2, 0) is 0 Å². The highest BCUT2D eigenvalue weighted by Crippen LogP contribution is 2.24. The molecular weight excluding hydrogens is 198 g/mol. The van der Waals surface area contributed by atoms with Crippen molar-refractivity contribution in [2.45, 2.75) is 25.7 Å². The SMILES string of the molecule is CC(C)c1nc2ccc(C3CNC3)cc2[nH]1. The molecule has 3 heteroatoms. The molecule has 1 saturated heterocycles. The Hall–Kier alpha value is -1.35. The van der Waals surface area contributed by atoms with Gasteiger partial charge in [0, 0.05) is 24.9 Å². The second-order valence-corrected chi connectivity index (χ2v) is 4.91. The number of nitrogens with one attached hydrogen (secondary N) is 2. The average Bonchev–Trinajstić information content (AvgIpc) is 2.57. The van der Waals surface area contributed by atoms with Crippen LogP contribution < -0.4 is 5.32 Å². The van der Waals surface area contributed by atoms with E-state index in [0.717, 1.165) is 24.4 Å². The Morgan fingerprint density at radius 1 is 1.31 bits per heavy atom. The predicted octanol–water partition coefficient (Wildman–Crippen LogP) is 2.37. The maximum Gasteiger partial charge on any atom is 0.109 e. The van der Waals surface area contributed by atoms with E-state index in [0.29, 0.717) is 11.8 Å². The van der Waals surface area contributed by atoms with Gasteiger partial charge in [0.15, 0.2) is 0 Å². The molecule has 2 N–H and O–H groups in total. The highest BCUT2D eigenvalue weighted by Gasteiger charge is 2.19. The summed E-state index contributed by atoms with van der Waals surface area (Å²) in [6.07, 6.45) is 0. The fourth-order valence-corrected chi connectivity index (χ4v) is 2.10. The molecule has 2 aromatic rings. The van der Waals surface area contributed by atoms with Gasteiger partial charge in [-0.05, 0) is 17.7 Å². The number of benzene rings is 1. The van der Waals surface area contributed by atoms with Crippen molar-refractivity contribution in [3.05, 3.63) is 29.6 Å². The van der Waals surface area contributed by atoms with Gasteiger partial charge in [0.25, 0.3) is 0 Å². The molecule has 2 heterocycles. The molecular formula is C13H17N3. The first-order valence-electron chi connectivity index (χ1n) is 5.94. The molecule has 1 aromatic heterocycles. The van der Waals surface area contributed by atoms with Crippen LogP contribution in [0.25, 0.3) is 11.0 Å². The van der Waals surface area contributed by atoms with Gasteiger partial charge >= 0.3 is 0 Å². The number of hydrogen-bond acceptors (Lipinski definition) is 2. The highest BCUT2D eigenvalue weighted by molar-refractivity contribution is 5.76. The summed E-state index contributed by atoms with van der Waals surface area (Å²) in [5.41, 5.74) is 3.68. The summed E-state index contributed by atoms with van der Waals surface area (Å²) >= 11 is 0. The number of imidazole rings is 1. The Morgan fingerprint density at radius 2 is 2.12 bits per heavy atom. The van der Waals surface area contributed by atoms with Crippen LogP contribution in [0.1, 0.15) is 37.1 Å². The van der Waals surface area contributed by atoms with Crippen molar-refractivity contribution in [1.29, 1.82) is 0 Å². The van der Waals surface area contributed by atoms with Crippen molar-refractivity contribution in [2.75, 3.05) is 13.1 Å². The monoisotopic (exact) mass is 215 g/mol. The molecule has 3 rings (SSSR count). The molecule has 0 bridgehead atoms. The molecule has 1 fully saturated rings. The van der Waals surface area contributed by atoms with E-state index in [-0.39, 0.29) is 0 Å². The van der Waals surface area contributed by atoms with E-state index in [1.807, 2.05) is 0 Å². The third-order valence-corrected chi connectivity index (χ3v) is 3.32. The van der Waals surface area contributed by atoms with Gasteiger partial charge in [-0.2, -0.15) is 0 Å². The number of rotatable bonds is 2. The lowest BCUT2D eigenvalue weighted by Crippen LogP contribution is -2.39. The molecule has 0 aliphatic carbocycles. The second kappa shape index (κ2) is 3.59. The number of hydrogen-bond donors (Lipinski definition) is 2. The quantitative estimate of drug-likeness (QED) is 0.807. The van der Waals surface area contributed by atoms with Crippen LogP contribution >= 0.6 is 0 Å². The summed E-state index contributed by atoms with van der Waals surface area (Å²) < 4.78 is 0. The maximum absolute atomic E-state index is 4.59. The Bertz CT molecular complexity index is 509. The van der Waals surface area contributed by atoms with Crippen LogP contribution in [-0.4, -0.2) is 23.1 Å². The highest BCUT2D eigenvalue weighted by atomic mass is 15.0. The normalized spacial score (nSPS) is 16.9. The molecule has 0 atom stereocenters. The second-order valence-electron chi connectivity index (χ2n) is 4.91. The van der Waals surface area contributed by atoms with Crippen LogP contribution in [0.3, 0.4) is 0 Å². The molecule has 84 valence electrons. The van der Waals surface area contributed by atoms with E-state index >= 15 is 0 Å². The maximum atomic E-state index is 4.59. The Morgan fingerprint density at radius 3 is 2.75 bits per heavy atom. The third-order valence-electron chi connectivity index (χ3n) is 3.32. The lowest BCUT2D eigenvalue weighted by atomic mass is 9.93. The summed E-state index contributed by atoms with van der Waals surface area (Å²) in [5, 5.41) is 3.31. The van der Waals surface area contributed by atoms with Crippen LogP contribution in [0.5, 0.6) is 0 Å². The molecule has 1 aromatic carbocycles. The molecule has 0 spiro atoms. The van der Waals surface area contributed by atoms with Crippen molar-refractivity contribution >= 4 is 11.0 Å². The lowest BCUT2D eigenvalue weighted by Gasteiger charge is -2.27. The molecule has 3 nitrogen and oxygen atoms in total. The number of fused-ring (bicyclic) bond motifs is 1. The largest absolute Gasteiger partial charge is 0.342 e. The van der Waals surface area contributed by atoms with E-state index in [1.165, 1.54) is 11.1 Å². The number of nitrogens with zero attached hydrogens (tertiary/aromatic N) is 1. The van der Waals surface area contributed by atoms with Crippen molar-refractivity contribution in [1.82, 2.24) is 15.3 Å². The molecule has 0 saturated carbocycles. The molecule has 16 heavy (non-hydrogen) atoms. The lowest BCUT2D eigenvalue weighted by molar-refractivity contribution is 0.448. The first-order valence-corrected chi connectivity index (χ1v) is 5.94. The van der Waals surface area contributed by atoms with Crippen molar-refractivity contribution < 1.29 is 0 Å². The zero-order valence-corrected chi connectivity index (χ0v) is 9.75. The van der Waals surface area contributed by atoms with E-state index in [2.05, 4.69) is 47.3 Å². The van der Waals surface area contributed by atoms with Gasteiger partial charge in [0.2, 0.25) is 0 Å². The smallest absolute Gasteiger partial charge is 0.109 e. The summed E-state index contributed by atoms with van der Waals surface area (Å²) in [6, 6.07) is 6.59. The van der Waals surface area contributed by atoms with Gasteiger partial charge in [-0.3, -0.25) is 0 Å². The van der Waals surface area contributed by atoms with E-state index in [1.54, 1.807) is 0 Å². The van der Waals surface area contributed by atoms with Crippen molar-refractivity contribution in [2.24, 2.45) is 0 Å². The molecule has 0 radical (unpaired) electrons. The topological polar surface area (TPSA) is 40.7 Å². The van der Waals surface area contributed by atoms with Crippen LogP contribution in [0.2, 0.25) is 0 Å². The summed E-state index contributed by atoms with van der Waals surface area (Å²) in [7, 11) is 0. The summed E-state index contributed by atoms with van der Waals surface area (Å²) in [6.45, 7) is 6.54. The zero-order valence-electron chi connectivity index (χ0n) is 9.75. The molecule has 1 aliphatic rings. The first-order chi connectivity index (χ1) is 7.74. The summed E-state index contributed by atoms with van der Waals surface area (Å²) in [4.78, 5) is 7.99. The van der Waals surface area contributed by atoms with Gasteiger partial charge in [-0.15, -0.1) is 0 Å². The third kappa shape index (κ3) is 1.52. The van der Waals surface area contributed by atoms with Gasteiger partial charge in [-0.1, -0.05) is 19.9 Å². The van der Waals surface area contributed by atoms with E-state index in [4.69, 9.17) is 0 Å². The Balaban J connectivity index is 2.03. The van der Waals surface area contributed by atoms with Gasteiger partial charge in [-0.25, -0.2) is 4.98 Å². The van der Waals surface area contributed by atoms with Crippen molar-refractivity contribution in [3.8, 4) is 0 Å². The predicted molar refractivity (Wildman–Crippen MR) is 65.8 cm³/mol. The van der Waals surface area contributed by atoms with Crippen LogP contribution in [0.15, 0.2) is 18.2 Å². The van der Waals surface area contributed by atoms with E-state index in [9.17, 15) is 0 Å².